The van der Waals surface area contributed by atoms with Gasteiger partial charge in [0.15, 0.2) is 5.75 Å². The van der Waals surface area contributed by atoms with E-state index in [0.717, 1.165) is 19.3 Å². The molecule has 0 saturated heterocycles. The van der Waals surface area contributed by atoms with Crippen molar-refractivity contribution in [3.63, 3.8) is 0 Å². The average Bonchev–Trinajstić information content (AvgIpc) is 2.11. The number of halogens is 3. The Hall–Kier alpha value is -0.440. The minimum Gasteiger partial charge on any atom is -0.425 e. The summed E-state index contributed by atoms with van der Waals surface area (Å²) in [7, 11) is 0. The fourth-order valence-corrected chi connectivity index (χ4v) is 1.99. The van der Waals surface area contributed by atoms with Crippen molar-refractivity contribution in [3.8, 4) is 5.75 Å². The minimum atomic E-state index is -0.244. The molecule has 0 radical (unpaired) electrons. The van der Waals surface area contributed by atoms with Crippen LogP contribution in [0.5, 0.6) is 5.75 Å². The first-order chi connectivity index (χ1) is 7.58. The van der Waals surface area contributed by atoms with E-state index in [-0.39, 0.29) is 17.6 Å². The third-order valence-corrected chi connectivity index (χ3v) is 3.64. The Morgan fingerprint density at radius 2 is 1.75 bits per heavy atom. The summed E-state index contributed by atoms with van der Waals surface area (Å²) in [4.78, 5) is 11.6. The van der Waals surface area contributed by atoms with Crippen LogP contribution in [0.2, 0.25) is 15.1 Å². The zero-order valence-corrected chi connectivity index (χ0v) is 10.6. The molecule has 2 rings (SSSR count). The van der Waals surface area contributed by atoms with Crippen LogP contribution in [0.25, 0.3) is 0 Å². The molecule has 1 saturated carbocycles. The van der Waals surface area contributed by atoms with E-state index in [1.165, 1.54) is 12.1 Å². The molecule has 0 aromatic heterocycles. The number of benzene rings is 1. The first-order valence-corrected chi connectivity index (χ1v) is 6.07. The molecule has 1 fully saturated rings. The lowest BCUT2D eigenvalue weighted by Crippen LogP contribution is -2.26. The van der Waals surface area contributed by atoms with Gasteiger partial charge in [0.1, 0.15) is 0 Å². The van der Waals surface area contributed by atoms with Crippen LogP contribution in [-0.2, 0) is 4.79 Å². The molecule has 1 aromatic rings. The molecule has 0 aliphatic heterocycles. The molecule has 2 nitrogen and oxygen atoms in total. The van der Waals surface area contributed by atoms with Gasteiger partial charge in [-0.25, -0.2) is 0 Å². The van der Waals surface area contributed by atoms with Gasteiger partial charge in [-0.05, 0) is 18.9 Å². The van der Waals surface area contributed by atoms with Crippen molar-refractivity contribution in [1.82, 2.24) is 0 Å². The van der Waals surface area contributed by atoms with Crippen molar-refractivity contribution < 1.29 is 9.53 Å². The van der Waals surface area contributed by atoms with Crippen molar-refractivity contribution in [3.05, 3.63) is 27.2 Å². The summed E-state index contributed by atoms with van der Waals surface area (Å²) in [6, 6.07) is 2.93. The molecule has 0 amide bonds. The Bertz CT molecular complexity index is 427. The van der Waals surface area contributed by atoms with E-state index in [4.69, 9.17) is 39.5 Å². The van der Waals surface area contributed by atoms with Crippen LogP contribution in [0, 0.1) is 5.92 Å². The molecular formula is C11H9Cl3O2. The largest absolute Gasteiger partial charge is 0.425 e. The van der Waals surface area contributed by atoms with E-state index in [9.17, 15) is 4.79 Å². The maximum Gasteiger partial charge on any atom is 0.314 e. The van der Waals surface area contributed by atoms with E-state index < -0.39 is 0 Å². The Labute approximate surface area is 108 Å². The summed E-state index contributed by atoms with van der Waals surface area (Å²) in [5.41, 5.74) is 0. The van der Waals surface area contributed by atoms with Crippen molar-refractivity contribution in [2.75, 3.05) is 0 Å². The second-order valence-corrected chi connectivity index (χ2v) is 4.97. The highest BCUT2D eigenvalue weighted by Gasteiger charge is 2.27. The average molecular weight is 280 g/mol. The Morgan fingerprint density at radius 3 is 2.31 bits per heavy atom. The summed E-state index contributed by atoms with van der Waals surface area (Å²) in [6.07, 6.45) is 2.85. The molecule has 1 aliphatic rings. The van der Waals surface area contributed by atoms with Crippen LogP contribution in [0.3, 0.4) is 0 Å². The highest BCUT2D eigenvalue weighted by molar-refractivity contribution is 6.43. The SMILES string of the molecule is O=C(Oc1cc(Cl)c(Cl)cc1Cl)C1CCC1. The number of ether oxygens (including phenoxy) is 1. The van der Waals surface area contributed by atoms with E-state index in [1.54, 1.807) is 0 Å². The smallest absolute Gasteiger partial charge is 0.314 e. The molecule has 0 N–H and O–H groups in total. The second-order valence-electron chi connectivity index (χ2n) is 3.75. The van der Waals surface area contributed by atoms with Gasteiger partial charge in [-0.3, -0.25) is 4.79 Å². The molecule has 1 aromatic carbocycles. The topological polar surface area (TPSA) is 26.3 Å². The van der Waals surface area contributed by atoms with E-state index in [0.29, 0.717) is 15.1 Å². The minimum absolute atomic E-state index is 0.00511. The monoisotopic (exact) mass is 278 g/mol. The number of rotatable bonds is 2. The molecule has 0 spiro atoms. The molecule has 1 aliphatic carbocycles. The van der Waals surface area contributed by atoms with Gasteiger partial charge in [0.05, 0.1) is 21.0 Å². The normalized spacial score (nSPS) is 15.7. The number of hydrogen-bond acceptors (Lipinski definition) is 2. The summed E-state index contributed by atoms with van der Waals surface area (Å²) in [5, 5.41) is 0.958. The number of carbonyl (C=O) groups is 1. The molecule has 5 heteroatoms. The van der Waals surface area contributed by atoms with Crippen molar-refractivity contribution in [1.29, 1.82) is 0 Å². The van der Waals surface area contributed by atoms with Crippen LogP contribution in [-0.4, -0.2) is 5.97 Å². The van der Waals surface area contributed by atoms with Crippen LogP contribution in [0.15, 0.2) is 12.1 Å². The van der Waals surface area contributed by atoms with Gasteiger partial charge >= 0.3 is 5.97 Å². The summed E-state index contributed by atoms with van der Waals surface area (Å²) >= 11 is 17.5. The lowest BCUT2D eigenvalue weighted by molar-refractivity contribution is -0.141. The fourth-order valence-electron chi connectivity index (χ4n) is 1.42. The van der Waals surface area contributed by atoms with Crippen LogP contribution in [0.4, 0.5) is 0 Å². The Morgan fingerprint density at radius 1 is 1.12 bits per heavy atom. The zero-order valence-electron chi connectivity index (χ0n) is 8.30. The Balaban J connectivity index is 2.14. The summed E-state index contributed by atoms with van der Waals surface area (Å²) in [6.45, 7) is 0. The van der Waals surface area contributed by atoms with Crippen LogP contribution >= 0.6 is 34.8 Å². The number of hydrogen-bond donors (Lipinski definition) is 0. The quantitative estimate of drug-likeness (QED) is 0.457. The second kappa shape index (κ2) is 4.82. The molecular weight excluding hydrogens is 270 g/mol. The third kappa shape index (κ3) is 2.45. The van der Waals surface area contributed by atoms with Crippen molar-refractivity contribution in [2.24, 2.45) is 5.92 Å². The third-order valence-electron chi connectivity index (χ3n) is 2.62. The fraction of sp³-hybridized carbons (Fsp3) is 0.364. The molecule has 0 unspecified atom stereocenters. The highest BCUT2D eigenvalue weighted by atomic mass is 35.5. The van der Waals surface area contributed by atoms with E-state index >= 15 is 0 Å². The maximum atomic E-state index is 11.6. The van der Waals surface area contributed by atoms with Gasteiger partial charge in [-0.2, -0.15) is 0 Å². The van der Waals surface area contributed by atoms with Gasteiger partial charge in [0, 0.05) is 6.07 Å². The number of esters is 1. The van der Waals surface area contributed by atoms with E-state index in [1.807, 2.05) is 0 Å². The number of carbonyl (C=O) groups excluding carboxylic acids is 1. The van der Waals surface area contributed by atoms with Crippen molar-refractivity contribution in [2.45, 2.75) is 19.3 Å². The van der Waals surface area contributed by atoms with Gasteiger partial charge < -0.3 is 4.74 Å². The van der Waals surface area contributed by atoms with Gasteiger partial charge in [0.25, 0.3) is 0 Å². The van der Waals surface area contributed by atoms with Gasteiger partial charge in [0.2, 0.25) is 0 Å². The predicted octanol–water partition coefficient (Wildman–Crippen LogP) is 4.35. The molecule has 0 heterocycles. The first-order valence-electron chi connectivity index (χ1n) is 4.94. The van der Waals surface area contributed by atoms with Crippen molar-refractivity contribution >= 4 is 40.8 Å². The van der Waals surface area contributed by atoms with Gasteiger partial charge in [-0.15, -0.1) is 0 Å². The predicted molar refractivity (Wildman–Crippen MR) is 64.4 cm³/mol. The van der Waals surface area contributed by atoms with Crippen LogP contribution in [0.1, 0.15) is 19.3 Å². The summed E-state index contributed by atoms with van der Waals surface area (Å²) in [5.74, 6) is 0.0324. The first kappa shape index (κ1) is 12.0. The standard InChI is InChI=1S/C11H9Cl3O2/c12-7-4-9(14)10(5-8(7)13)16-11(15)6-2-1-3-6/h4-6H,1-3H2. The molecule has 86 valence electrons. The molecule has 0 atom stereocenters. The highest BCUT2D eigenvalue weighted by Crippen LogP contribution is 2.35. The lowest BCUT2D eigenvalue weighted by atomic mass is 9.86. The zero-order chi connectivity index (χ0) is 11.7. The van der Waals surface area contributed by atoms with Crippen LogP contribution < -0.4 is 4.74 Å². The summed E-state index contributed by atoms with van der Waals surface area (Å²) < 4.78 is 5.17. The Kier molecular flexibility index (Phi) is 3.63. The van der Waals surface area contributed by atoms with E-state index in [2.05, 4.69) is 0 Å². The molecule has 16 heavy (non-hydrogen) atoms. The van der Waals surface area contributed by atoms with Gasteiger partial charge in [-0.1, -0.05) is 41.2 Å². The maximum absolute atomic E-state index is 11.6. The molecule has 0 bridgehead atoms. The lowest BCUT2D eigenvalue weighted by Gasteiger charge is -2.23.